The van der Waals surface area contributed by atoms with Crippen LogP contribution in [0, 0.1) is 23.7 Å². The summed E-state index contributed by atoms with van der Waals surface area (Å²) in [5, 5.41) is 0. The number of rotatable bonds is 2. The van der Waals surface area contributed by atoms with Crippen molar-refractivity contribution in [1.82, 2.24) is 0 Å². The van der Waals surface area contributed by atoms with Gasteiger partial charge in [0.2, 0.25) is 0 Å². The van der Waals surface area contributed by atoms with E-state index in [2.05, 4.69) is 13.8 Å². The lowest BCUT2D eigenvalue weighted by Crippen LogP contribution is -2.33. The molecule has 2 aliphatic rings. The molecule has 64 valence electrons. The number of hydrogen-bond donors (Lipinski definition) is 0. The second-order valence-electron chi connectivity index (χ2n) is 4.67. The zero-order valence-electron chi connectivity index (χ0n) is 7.84. The average Bonchev–Trinajstić information content (AvgIpc) is 2.28. The van der Waals surface area contributed by atoms with E-state index < -0.39 is 0 Å². The number of hydrogen-bond acceptors (Lipinski definition) is 0. The molecule has 0 saturated heterocycles. The van der Waals surface area contributed by atoms with E-state index in [-0.39, 0.29) is 0 Å². The Kier molecular flexibility index (Phi) is 1.95. The lowest BCUT2D eigenvalue weighted by molar-refractivity contribution is 0.0849. The van der Waals surface area contributed by atoms with Crippen molar-refractivity contribution in [3.8, 4) is 0 Å². The van der Waals surface area contributed by atoms with E-state index in [0.717, 1.165) is 23.7 Å². The minimum Gasteiger partial charge on any atom is -0.0654 e. The number of fused-ring (bicyclic) bond motifs is 1. The standard InChI is InChI=1S/C11H20/c1-3-4-9-5-6-10-8(2)7-11(9)10/h8-11H,3-7H2,1-2H3. The van der Waals surface area contributed by atoms with Gasteiger partial charge in [-0.3, -0.25) is 0 Å². The van der Waals surface area contributed by atoms with Crippen LogP contribution in [0.1, 0.15) is 46.0 Å². The Hall–Kier alpha value is 0. The summed E-state index contributed by atoms with van der Waals surface area (Å²) in [4.78, 5) is 0. The first-order chi connectivity index (χ1) is 5.33. The van der Waals surface area contributed by atoms with Crippen LogP contribution in [0.2, 0.25) is 0 Å². The average molecular weight is 152 g/mol. The van der Waals surface area contributed by atoms with Crippen LogP contribution in [-0.2, 0) is 0 Å². The van der Waals surface area contributed by atoms with Gasteiger partial charge in [0.05, 0.1) is 0 Å². The van der Waals surface area contributed by atoms with Crippen LogP contribution in [0.25, 0.3) is 0 Å². The van der Waals surface area contributed by atoms with Gasteiger partial charge in [-0.1, -0.05) is 26.7 Å². The minimum absolute atomic E-state index is 1.07. The maximum atomic E-state index is 2.44. The van der Waals surface area contributed by atoms with Gasteiger partial charge in [-0.05, 0) is 42.9 Å². The lowest BCUT2D eigenvalue weighted by Gasteiger charge is -2.41. The van der Waals surface area contributed by atoms with Gasteiger partial charge in [-0.2, -0.15) is 0 Å². The molecule has 0 aliphatic heterocycles. The van der Waals surface area contributed by atoms with Crippen molar-refractivity contribution in [3.05, 3.63) is 0 Å². The molecular formula is C11H20. The molecule has 0 bridgehead atoms. The molecule has 0 aromatic heterocycles. The Morgan fingerprint density at radius 2 is 2.00 bits per heavy atom. The lowest BCUT2D eigenvalue weighted by atomic mass is 9.65. The predicted molar refractivity (Wildman–Crippen MR) is 48.4 cm³/mol. The van der Waals surface area contributed by atoms with Gasteiger partial charge in [0, 0.05) is 0 Å². The van der Waals surface area contributed by atoms with Crippen LogP contribution < -0.4 is 0 Å². The summed E-state index contributed by atoms with van der Waals surface area (Å²) in [5.74, 6) is 4.50. The highest BCUT2D eigenvalue weighted by atomic mass is 14.5. The molecule has 0 spiro atoms. The highest BCUT2D eigenvalue weighted by Gasteiger charge is 2.46. The second kappa shape index (κ2) is 2.80. The van der Waals surface area contributed by atoms with Crippen LogP contribution in [0.4, 0.5) is 0 Å². The maximum Gasteiger partial charge on any atom is -0.0352 e. The summed E-state index contributed by atoms with van der Waals surface area (Å²) in [6.07, 6.45) is 7.56. The maximum absolute atomic E-state index is 2.44. The molecule has 4 unspecified atom stereocenters. The molecular weight excluding hydrogens is 132 g/mol. The van der Waals surface area contributed by atoms with E-state index in [9.17, 15) is 0 Å². The van der Waals surface area contributed by atoms with Crippen LogP contribution in [0.3, 0.4) is 0 Å². The largest absolute Gasteiger partial charge is 0.0654 e. The van der Waals surface area contributed by atoms with E-state index in [1.807, 2.05) is 0 Å². The van der Waals surface area contributed by atoms with Gasteiger partial charge in [-0.15, -0.1) is 0 Å². The van der Waals surface area contributed by atoms with E-state index in [1.165, 1.54) is 12.8 Å². The molecule has 0 aromatic carbocycles. The van der Waals surface area contributed by atoms with Crippen LogP contribution in [-0.4, -0.2) is 0 Å². The van der Waals surface area contributed by atoms with Gasteiger partial charge < -0.3 is 0 Å². The van der Waals surface area contributed by atoms with E-state index in [0.29, 0.717) is 0 Å². The van der Waals surface area contributed by atoms with Crippen LogP contribution >= 0.6 is 0 Å². The van der Waals surface area contributed by atoms with Crippen LogP contribution in [0.15, 0.2) is 0 Å². The third kappa shape index (κ3) is 1.11. The Balaban J connectivity index is 1.88. The quantitative estimate of drug-likeness (QED) is 0.568. The zero-order chi connectivity index (χ0) is 7.84. The van der Waals surface area contributed by atoms with Crippen molar-refractivity contribution in [1.29, 1.82) is 0 Å². The summed E-state index contributed by atoms with van der Waals surface area (Å²) >= 11 is 0. The molecule has 0 radical (unpaired) electrons. The topological polar surface area (TPSA) is 0 Å². The first-order valence-electron chi connectivity index (χ1n) is 5.33. The van der Waals surface area contributed by atoms with E-state index in [4.69, 9.17) is 0 Å². The van der Waals surface area contributed by atoms with Gasteiger partial charge in [0.25, 0.3) is 0 Å². The van der Waals surface area contributed by atoms with Crippen molar-refractivity contribution in [2.24, 2.45) is 23.7 Å². The second-order valence-corrected chi connectivity index (χ2v) is 4.67. The highest BCUT2D eigenvalue weighted by molar-refractivity contribution is 4.95. The minimum atomic E-state index is 1.07. The first-order valence-corrected chi connectivity index (χ1v) is 5.33. The summed E-state index contributed by atoms with van der Waals surface area (Å²) in [6.45, 7) is 4.77. The molecule has 0 nitrogen and oxygen atoms in total. The Morgan fingerprint density at radius 1 is 1.18 bits per heavy atom. The van der Waals surface area contributed by atoms with Crippen molar-refractivity contribution in [2.75, 3.05) is 0 Å². The SMILES string of the molecule is CCCC1CCC2C(C)CC12. The molecule has 0 N–H and O–H groups in total. The molecule has 0 heteroatoms. The molecule has 2 aliphatic carbocycles. The highest BCUT2D eigenvalue weighted by Crippen LogP contribution is 2.54. The first kappa shape index (κ1) is 7.64. The van der Waals surface area contributed by atoms with E-state index >= 15 is 0 Å². The fourth-order valence-electron chi connectivity index (χ4n) is 3.40. The predicted octanol–water partition coefficient (Wildman–Crippen LogP) is 3.47. The molecule has 0 amide bonds. The summed E-state index contributed by atoms with van der Waals surface area (Å²) in [5.41, 5.74) is 0. The third-order valence-corrected chi connectivity index (χ3v) is 4.06. The Labute approximate surface area is 70.4 Å². The van der Waals surface area contributed by atoms with E-state index in [1.54, 1.807) is 19.3 Å². The van der Waals surface area contributed by atoms with Crippen molar-refractivity contribution in [2.45, 2.75) is 46.0 Å². The summed E-state index contributed by atoms with van der Waals surface area (Å²) in [6, 6.07) is 0. The third-order valence-electron chi connectivity index (χ3n) is 4.06. The van der Waals surface area contributed by atoms with Gasteiger partial charge >= 0.3 is 0 Å². The molecule has 2 saturated carbocycles. The fourth-order valence-corrected chi connectivity index (χ4v) is 3.40. The molecule has 2 fully saturated rings. The fraction of sp³-hybridized carbons (Fsp3) is 1.00. The molecule has 11 heavy (non-hydrogen) atoms. The van der Waals surface area contributed by atoms with Gasteiger partial charge in [0.15, 0.2) is 0 Å². The molecule has 2 rings (SSSR count). The van der Waals surface area contributed by atoms with Gasteiger partial charge in [-0.25, -0.2) is 0 Å². The molecule has 4 atom stereocenters. The van der Waals surface area contributed by atoms with Crippen LogP contribution in [0.5, 0.6) is 0 Å². The van der Waals surface area contributed by atoms with Gasteiger partial charge in [0.1, 0.15) is 0 Å². The normalized spacial score (nSPS) is 48.5. The van der Waals surface area contributed by atoms with Crippen molar-refractivity contribution in [3.63, 3.8) is 0 Å². The van der Waals surface area contributed by atoms with Crippen molar-refractivity contribution >= 4 is 0 Å². The van der Waals surface area contributed by atoms with Crippen molar-refractivity contribution < 1.29 is 0 Å². The molecule has 0 aromatic rings. The smallest absolute Gasteiger partial charge is 0.0352 e. The Bertz CT molecular complexity index is 137. The Morgan fingerprint density at radius 3 is 2.55 bits per heavy atom. The summed E-state index contributed by atoms with van der Waals surface area (Å²) in [7, 11) is 0. The molecule has 0 heterocycles. The monoisotopic (exact) mass is 152 g/mol. The summed E-state index contributed by atoms with van der Waals surface area (Å²) < 4.78 is 0. The zero-order valence-corrected chi connectivity index (χ0v) is 7.84.